The molecule has 2 N–H and O–H groups in total. The van der Waals surface area contributed by atoms with Crippen molar-refractivity contribution in [3.05, 3.63) is 0 Å². The van der Waals surface area contributed by atoms with Crippen LogP contribution in [0.3, 0.4) is 0 Å². The van der Waals surface area contributed by atoms with E-state index in [4.69, 9.17) is 5.11 Å². The smallest absolute Gasteiger partial charge is 0.0456 e. The summed E-state index contributed by atoms with van der Waals surface area (Å²) in [7, 11) is 4.20. The van der Waals surface area contributed by atoms with E-state index < -0.39 is 0 Å². The molecule has 3 nitrogen and oxygen atoms in total. The van der Waals surface area contributed by atoms with Gasteiger partial charge in [-0.05, 0) is 58.9 Å². The first-order chi connectivity index (χ1) is 6.66. The van der Waals surface area contributed by atoms with E-state index >= 15 is 0 Å². The van der Waals surface area contributed by atoms with Gasteiger partial charge in [-0.1, -0.05) is 6.92 Å². The number of aliphatic hydroxyl groups is 1. The normalized spacial score (nSPS) is 13.5. The molecule has 0 aliphatic rings. The third-order valence-corrected chi connectivity index (χ3v) is 2.32. The van der Waals surface area contributed by atoms with Gasteiger partial charge in [0.05, 0.1) is 0 Å². The second-order valence-corrected chi connectivity index (χ2v) is 4.34. The van der Waals surface area contributed by atoms with E-state index in [0.717, 1.165) is 26.1 Å². The summed E-state index contributed by atoms with van der Waals surface area (Å²) in [5.74, 6) is 0.457. The van der Waals surface area contributed by atoms with Gasteiger partial charge in [0.1, 0.15) is 0 Å². The monoisotopic (exact) mass is 202 g/mol. The molecule has 1 unspecified atom stereocenters. The molecule has 0 fully saturated rings. The Morgan fingerprint density at radius 1 is 1.21 bits per heavy atom. The minimum absolute atomic E-state index is 0.320. The van der Waals surface area contributed by atoms with E-state index in [-0.39, 0.29) is 0 Å². The highest BCUT2D eigenvalue weighted by atomic mass is 16.3. The van der Waals surface area contributed by atoms with Crippen LogP contribution in [0, 0.1) is 5.92 Å². The Morgan fingerprint density at radius 2 is 1.86 bits per heavy atom. The molecule has 0 saturated carbocycles. The molecule has 3 heteroatoms. The number of rotatable bonds is 9. The lowest BCUT2D eigenvalue weighted by atomic mass is 10.1. The van der Waals surface area contributed by atoms with Gasteiger partial charge in [0.25, 0.3) is 0 Å². The summed E-state index contributed by atoms with van der Waals surface area (Å²) in [4.78, 5) is 2.20. The Kier molecular flexibility index (Phi) is 9.35. The van der Waals surface area contributed by atoms with Crippen LogP contribution < -0.4 is 5.32 Å². The molecule has 0 aromatic heterocycles. The molecule has 0 amide bonds. The number of hydrogen-bond acceptors (Lipinski definition) is 3. The zero-order valence-electron chi connectivity index (χ0n) is 9.92. The van der Waals surface area contributed by atoms with Gasteiger partial charge in [0.15, 0.2) is 0 Å². The first kappa shape index (κ1) is 13.9. The van der Waals surface area contributed by atoms with Crippen molar-refractivity contribution in [3.8, 4) is 0 Å². The van der Waals surface area contributed by atoms with Gasteiger partial charge >= 0.3 is 0 Å². The largest absolute Gasteiger partial charge is 0.396 e. The van der Waals surface area contributed by atoms with Crippen LogP contribution in [0.1, 0.15) is 26.2 Å². The van der Waals surface area contributed by atoms with Crippen LogP contribution in [0.15, 0.2) is 0 Å². The first-order valence-corrected chi connectivity index (χ1v) is 5.63. The molecule has 0 aliphatic heterocycles. The van der Waals surface area contributed by atoms with Crippen molar-refractivity contribution in [3.63, 3.8) is 0 Å². The van der Waals surface area contributed by atoms with Crippen molar-refractivity contribution in [1.29, 1.82) is 0 Å². The summed E-state index contributed by atoms with van der Waals surface area (Å²) < 4.78 is 0. The summed E-state index contributed by atoms with van der Waals surface area (Å²) in [6, 6.07) is 0. The van der Waals surface area contributed by atoms with Crippen molar-refractivity contribution in [2.45, 2.75) is 26.2 Å². The van der Waals surface area contributed by atoms with Crippen LogP contribution in [0.5, 0.6) is 0 Å². The predicted molar refractivity (Wildman–Crippen MR) is 61.5 cm³/mol. The molecule has 0 radical (unpaired) electrons. The Labute approximate surface area is 88.5 Å². The van der Waals surface area contributed by atoms with E-state index in [1.165, 1.54) is 12.8 Å². The maximum absolute atomic E-state index is 8.81. The molecular weight excluding hydrogens is 176 g/mol. The minimum Gasteiger partial charge on any atom is -0.396 e. The van der Waals surface area contributed by atoms with Crippen LogP contribution in [0.4, 0.5) is 0 Å². The standard InChI is InChI=1S/C11H26N2O/c1-11(10-14)6-4-7-12-8-5-9-13(2)3/h11-12,14H,4-10H2,1-3H3. The van der Waals surface area contributed by atoms with Crippen LogP contribution >= 0.6 is 0 Å². The highest BCUT2D eigenvalue weighted by Crippen LogP contribution is 2.02. The van der Waals surface area contributed by atoms with Gasteiger partial charge < -0.3 is 15.3 Å². The number of aliphatic hydroxyl groups excluding tert-OH is 1. The quantitative estimate of drug-likeness (QED) is 0.546. The second kappa shape index (κ2) is 9.44. The van der Waals surface area contributed by atoms with E-state index in [1.54, 1.807) is 0 Å². The molecule has 0 aliphatic carbocycles. The third-order valence-electron chi connectivity index (χ3n) is 2.32. The maximum Gasteiger partial charge on any atom is 0.0456 e. The summed E-state index contributed by atoms with van der Waals surface area (Å²) in [6.07, 6.45) is 3.50. The molecule has 0 spiro atoms. The Balaban J connectivity index is 2.99. The van der Waals surface area contributed by atoms with Gasteiger partial charge in [0.2, 0.25) is 0 Å². The van der Waals surface area contributed by atoms with Gasteiger partial charge in [-0.2, -0.15) is 0 Å². The summed E-state index contributed by atoms with van der Waals surface area (Å²) >= 11 is 0. The Bertz CT molecular complexity index is 118. The number of nitrogens with one attached hydrogen (secondary N) is 1. The average Bonchev–Trinajstić information content (AvgIpc) is 2.15. The van der Waals surface area contributed by atoms with Crippen LogP contribution in [-0.2, 0) is 0 Å². The van der Waals surface area contributed by atoms with Crippen LogP contribution in [0.25, 0.3) is 0 Å². The SMILES string of the molecule is CC(CO)CCCNCCCN(C)C. The van der Waals surface area contributed by atoms with Gasteiger partial charge in [-0.3, -0.25) is 0 Å². The summed E-state index contributed by atoms with van der Waals surface area (Å²) in [5, 5.41) is 12.2. The topological polar surface area (TPSA) is 35.5 Å². The average molecular weight is 202 g/mol. The molecular formula is C11H26N2O. The maximum atomic E-state index is 8.81. The Morgan fingerprint density at radius 3 is 2.43 bits per heavy atom. The van der Waals surface area contributed by atoms with E-state index in [1.807, 2.05) is 0 Å². The summed E-state index contributed by atoms with van der Waals surface area (Å²) in [5.41, 5.74) is 0. The lowest BCUT2D eigenvalue weighted by molar-refractivity contribution is 0.228. The molecule has 1 atom stereocenters. The molecule has 0 rings (SSSR count). The van der Waals surface area contributed by atoms with Crippen LogP contribution in [0.2, 0.25) is 0 Å². The second-order valence-electron chi connectivity index (χ2n) is 4.34. The highest BCUT2D eigenvalue weighted by Gasteiger charge is 1.98. The predicted octanol–water partition coefficient (Wildman–Crippen LogP) is 0.936. The molecule has 86 valence electrons. The third kappa shape index (κ3) is 9.96. The molecule has 14 heavy (non-hydrogen) atoms. The zero-order chi connectivity index (χ0) is 10.8. The number of hydrogen-bond donors (Lipinski definition) is 2. The lowest BCUT2D eigenvalue weighted by Crippen LogP contribution is -2.22. The van der Waals surface area contributed by atoms with Crippen molar-refractivity contribution < 1.29 is 5.11 Å². The Hall–Kier alpha value is -0.120. The number of nitrogens with zero attached hydrogens (tertiary/aromatic N) is 1. The highest BCUT2D eigenvalue weighted by molar-refractivity contribution is 4.54. The van der Waals surface area contributed by atoms with Crippen molar-refractivity contribution >= 4 is 0 Å². The molecule has 0 heterocycles. The van der Waals surface area contributed by atoms with Crippen LogP contribution in [-0.4, -0.2) is 50.3 Å². The molecule has 0 aromatic rings. The van der Waals surface area contributed by atoms with E-state index in [0.29, 0.717) is 12.5 Å². The van der Waals surface area contributed by atoms with E-state index in [2.05, 4.69) is 31.2 Å². The van der Waals surface area contributed by atoms with Gasteiger partial charge in [-0.25, -0.2) is 0 Å². The molecule has 0 aromatic carbocycles. The first-order valence-electron chi connectivity index (χ1n) is 5.63. The minimum atomic E-state index is 0.320. The fourth-order valence-electron chi connectivity index (χ4n) is 1.31. The molecule has 0 saturated heterocycles. The lowest BCUT2D eigenvalue weighted by Gasteiger charge is -2.10. The molecule has 0 bridgehead atoms. The van der Waals surface area contributed by atoms with Crippen molar-refractivity contribution in [1.82, 2.24) is 10.2 Å². The van der Waals surface area contributed by atoms with Crippen molar-refractivity contribution in [2.24, 2.45) is 5.92 Å². The zero-order valence-corrected chi connectivity index (χ0v) is 9.92. The van der Waals surface area contributed by atoms with E-state index in [9.17, 15) is 0 Å². The summed E-state index contributed by atoms with van der Waals surface area (Å²) in [6.45, 7) is 5.75. The van der Waals surface area contributed by atoms with Gasteiger partial charge in [-0.15, -0.1) is 0 Å². The fourth-order valence-corrected chi connectivity index (χ4v) is 1.31. The van der Waals surface area contributed by atoms with Crippen molar-refractivity contribution in [2.75, 3.05) is 40.3 Å². The van der Waals surface area contributed by atoms with Gasteiger partial charge in [0, 0.05) is 6.61 Å². The fraction of sp³-hybridized carbons (Fsp3) is 1.00.